The van der Waals surface area contributed by atoms with Crippen molar-refractivity contribution >= 4 is 21.7 Å². The van der Waals surface area contributed by atoms with Crippen molar-refractivity contribution in [3.8, 4) is 0 Å². The maximum absolute atomic E-state index is 12.1. The van der Waals surface area contributed by atoms with Crippen molar-refractivity contribution in [3.63, 3.8) is 0 Å². The van der Waals surface area contributed by atoms with Crippen LogP contribution < -0.4 is 0 Å². The van der Waals surface area contributed by atoms with Crippen molar-refractivity contribution in [2.24, 2.45) is 5.92 Å². The first-order valence-corrected chi connectivity index (χ1v) is 7.99. The molecule has 1 fully saturated rings. The van der Waals surface area contributed by atoms with Crippen molar-refractivity contribution in [1.82, 2.24) is 4.90 Å². The van der Waals surface area contributed by atoms with Gasteiger partial charge in [-0.25, -0.2) is 0 Å². The molecule has 0 saturated carbocycles. The molecule has 104 valence electrons. The molecule has 0 atom stereocenters. The summed E-state index contributed by atoms with van der Waals surface area (Å²) in [6.07, 6.45) is 4.52. The van der Waals surface area contributed by atoms with E-state index in [0.717, 1.165) is 35.6 Å². The van der Waals surface area contributed by atoms with Gasteiger partial charge in [-0.15, -0.1) is 0 Å². The number of hydrogen-bond donors (Lipinski definition) is 0. The van der Waals surface area contributed by atoms with Crippen LogP contribution in [-0.4, -0.2) is 30.3 Å². The molecule has 0 aliphatic carbocycles. The predicted molar refractivity (Wildman–Crippen MR) is 82.5 cm³/mol. The largest absolute Gasteiger partial charge is 0.303 e. The van der Waals surface area contributed by atoms with Crippen LogP contribution in [0.25, 0.3) is 0 Å². The highest BCUT2D eigenvalue weighted by Gasteiger charge is 2.18. The fraction of sp³-hybridized carbons (Fsp3) is 0.562. The summed E-state index contributed by atoms with van der Waals surface area (Å²) >= 11 is 3.39. The zero-order valence-corrected chi connectivity index (χ0v) is 13.2. The zero-order chi connectivity index (χ0) is 13.7. The molecular formula is C16H22BrNO. The fourth-order valence-electron chi connectivity index (χ4n) is 2.66. The summed E-state index contributed by atoms with van der Waals surface area (Å²) in [5.74, 6) is 1.16. The van der Waals surface area contributed by atoms with Gasteiger partial charge in [0.1, 0.15) is 0 Å². The molecule has 0 bridgehead atoms. The van der Waals surface area contributed by atoms with Gasteiger partial charge in [-0.2, -0.15) is 0 Å². The number of carbonyl (C=O) groups is 1. The highest BCUT2D eigenvalue weighted by atomic mass is 79.9. The summed E-state index contributed by atoms with van der Waals surface area (Å²) in [5.41, 5.74) is 0.826. The first-order chi connectivity index (χ1) is 9.19. The Morgan fingerprint density at radius 2 is 1.89 bits per heavy atom. The van der Waals surface area contributed by atoms with Gasteiger partial charge in [0, 0.05) is 23.0 Å². The Morgan fingerprint density at radius 3 is 2.47 bits per heavy atom. The average molecular weight is 324 g/mol. The average Bonchev–Trinajstić information content (AvgIpc) is 2.46. The lowest BCUT2D eigenvalue weighted by Gasteiger charge is -2.31. The molecule has 0 spiro atoms. The second-order valence-electron chi connectivity index (χ2n) is 5.37. The van der Waals surface area contributed by atoms with Crippen LogP contribution in [-0.2, 0) is 0 Å². The molecule has 0 unspecified atom stereocenters. The Labute approximate surface area is 124 Å². The molecule has 0 aromatic heterocycles. The number of benzene rings is 1. The van der Waals surface area contributed by atoms with E-state index in [1.165, 1.54) is 19.3 Å². The van der Waals surface area contributed by atoms with Crippen molar-refractivity contribution in [2.75, 3.05) is 19.6 Å². The van der Waals surface area contributed by atoms with Gasteiger partial charge in [0.15, 0.2) is 5.78 Å². The highest BCUT2D eigenvalue weighted by Crippen LogP contribution is 2.20. The van der Waals surface area contributed by atoms with E-state index in [9.17, 15) is 4.79 Å². The molecule has 1 aliphatic rings. The number of likely N-dealkylation sites (tertiary alicyclic amines) is 1. The van der Waals surface area contributed by atoms with Crippen molar-refractivity contribution < 1.29 is 4.79 Å². The number of piperidine rings is 1. The van der Waals surface area contributed by atoms with Crippen LogP contribution in [0.5, 0.6) is 0 Å². The molecule has 0 amide bonds. The van der Waals surface area contributed by atoms with Gasteiger partial charge in [0.2, 0.25) is 0 Å². The Balaban J connectivity index is 1.76. The smallest absolute Gasteiger partial charge is 0.164 e. The summed E-state index contributed by atoms with van der Waals surface area (Å²) in [6.45, 7) is 5.50. The molecule has 0 radical (unpaired) electrons. The first kappa shape index (κ1) is 14.7. The van der Waals surface area contributed by atoms with Crippen molar-refractivity contribution in [3.05, 3.63) is 34.3 Å². The van der Waals surface area contributed by atoms with Crippen LogP contribution in [0.15, 0.2) is 28.7 Å². The molecule has 1 heterocycles. The van der Waals surface area contributed by atoms with E-state index in [1.807, 2.05) is 24.3 Å². The molecule has 1 aromatic rings. The van der Waals surface area contributed by atoms with Crippen LogP contribution in [0.1, 0.15) is 43.0 Å². The van der Waals surface area contributed by atoms with E-state index < -0.39 is 0 Å². The molecule has 1 aliphatic heterocycles. The zero-order valence-electron chi connectivity index (χ0n) is 11.6. The number of Topliss-reactive ketones (excluding diaryl/α,β-unsaturated/α-hetero) is 1. The molecule has 3 heteroatoms. The summed E-state index contributed by atoms with van der Waals surface area (Å²) < 4.78 is 1.02. The van der Waals surface area contributed by atoms with Crippen LogP contribution in [0.2, 0.25) is 0 Å². The van der Waals surface area contributed by atoms with Gasteiger partial charge in [-0.05, 0) is 44.0 Å². The third kappa shape index (κ3) is 4.43. The molecule has 2 nitrogen and oxygen atoms in total. The lowest BCUT2D eigenvalue weighted by molar-refractivity contribution is 0.0950. The minimum atomic E-state index is 0.255. The van der Waals surface area contributed by atoms with E-state index in [4.69, 9.17) is 0 Å². The van der Waals surface area contributed by atoms with Crippen LogP contribution in [0, 0.1) is 5.92 Å². The van der Waals surface area contributed by atoms with E-state index in [2.05, 4.69) is 27.8 Å². The van der Waals surface area contributed by atoms with Gasteiger partial charge in [-0.1, -0.05) is 41.4 Å². The molecule has 0 N–H and O–H groups in total. The van der Waals surface area contributed by atoms with E-state index in [0.29, 0.717) is 6.42 Å². The summed E-state index contributed by atoms with van der Waals surface area (Å²) in [7, 11) is 0. The summed E-state index contributed by atoms with van der Waals surface area (Å²) in [4.78, 5) is 14.5. The van der Waals surface area contributed by atoms with Gasteiger partial charge in [-0.3, -0.25) is 4.79 Å². The topological polar surface area (TPSA) is 20.3 Å². The maximum atomic E-state index is 12.1. The third-order valence-electron chi connectivity index (χ3n) is 4.11. The maximum Gasteiger partial charge on any atom is 0.164 e. The number of nitrogens with zero attached hydrogens (tertiary/aromatic N) is 1. The number of ketones is 1. The lowest BCUT2D eigenvalue weighted by Crippen LogP contribution is -2.35. The number of hydrogen-bond acceptors (Lipinski definition) is 2. The van der Waals surface area contributed by atoms with Gasteiger partial charge < -0.3 is 4.90 Å². The Hall–Kier alpha value is -0.670. The monoisotopic (exact) mass is 323 g/mol. The standard InChI is InChI=1S/C16H22BrNO/c1-2-13-7-10-18(11-8-13)12-9-16(19)14-3-5-15(17)6-4-14/h3-6,13H,2,7-12H2,1H3. The highest BCUT2D eigenvalue weighted by molar-refractivity contribution is 9.10. The van der Waals surface area contributed by atoms with Crippen LogP contribution >= 0.6 is 15.9 Å². The van der Waals surface area contributed by atoms with Gasteiger partial charge in [0.25, 0.3) is 0 Å². The minimum absolute atomic E-state index is 0.255. The van der Waals surface area contributed by atoms with E-state index in [1.54, 1.807) is 0 Å². The fourth-order valence-corrected chi connectivity index (χ4v) is 2.92. The number of carbonyl (C=O) groups excluding carboxylic acids is 1. The molecule has 1 aromatic carbocycles. The quantitative estimate of drug-likeness (QED) is 0.759. The number of halogens is 1. The minimum Gasteiger partial charge on any atom is -0.303 e. The van der Waals surface area contributed by atoms with Crippen LogP contribution in [0.3, 0.4) is 0 Å². The third-order valence-corrected chi connectivity index (χ3v) is 4.63. The molecule has 19 heavy (non-hydrogen) atoms. The van der Waals surface area contributed by atoms with E-state index in [-0.39, 0.29) is 5.78 Å². The van der Waals surface area contributed by atoms with Gasteiger partial charge >= 0.3 is 0 Å². The Bertz CT molecular complexity index is 407. The number of rotatable bonds is 5. The predicted octanol–water partition coefficient (Wildman–Crippen LogP) is 4.14. The van der Waals surface area contributed by atoms with Crippen LogP contribution in [0.4, 0.5) is 0 Å². The second-order valence-corrected chi connectivity index (χ2v) is 6.29. The second kappa shape index (κ2) is 7.20. The first-order valence-electron chi connectivity index (χ1n) is 7.20. The molecule has 2 rings (SSSR count). The summed E-state index contributed by atoms with van der Waals surface area (Å²) in [5, 5.41) is 0. The summed E-state index contributed by atoms with van der Waals surface area (Å²) in [6, 6.07) is 7.66. The van der Waals surface area contributed by atoms with Gasteiger partial charge in [0.05, 0.1) is 0 Å². The Morgan fingerprint density at radius 1 is 1.26 bits per heavy atom. The lowest BCUT2D eigenvalue weighted by atomic mass is 9.94. The van der Waals surface area contributed by atoms with Crippen molar-refractivity contribution in [1.29, 1.82) is 0 Å². The molecular weight excluding hydrogens is 302 g/mol. The van der Waals surface area contributed by atoms with E-state index >= 15 is 0 Å². The Kier molecular flexibility index (Phi) is 5.59. The molecule has 1 saturated heterocycles. The SMILES string of the molecule is CCC1CCN(CCC(=O)c2ccc(Br)cc2)CC1. The normalized spacial score (nSPS) is 17.6. The van der Waals surface area contributed by atoms with Crippen molar-refractivity contribution in [2.45, 2.75) is 32.6 Å².